The number of fused-ring (bicyclic) bond motifs is 1. The van der Waals surface area contributed by atoms with Gasteiger partial charge < -0.3 is 20.1 Å². The topological polar surface area (TPSA) is 114 Å². The lowest BCUT2D eigenvalue weighted by Crippen LogP contribution is -2.43. The number of anilines is 2. The molecule has 0 bridgehead atoms. The van der Waals surface area contributed by atoms with Crippen LogP contribution in [0.25, 0.3) is 22.3 Å². The smallest absolute Gasteiger partial charge is 0.258 e. The first-order valence-corrected chi connectivity index (χ1v) is 11.5. The lowest BCUT2D eigenvalue weighted by molar-refractivity contribution is -0.124. The zero-order valence-electron chi connectivity index (χ0n) is 20.5. The summed E-state index contributed by atoms with van der Waals surface area (Å²) in [4.78, 5) is 21.8. The summed E-state index contributed by atoms with van der Waals surface area (Å²) in [6.45, 7) is 9.65. The first-order valence-electron chi connectivity index (χ1n) is 11.5. The van der Waals surface area contributed by atoms with Gasteiger partial charge in [-0.15, -0.1) is 0 Å². The third kappa shape index (κ3) is 6.26. The van der Waals surface area contributed by atoms with E-state index >= 15 is 0 Å². The number of hydrogen-bond donors (Lipinski definition) is 3. The van der Waals surface area contributed by atoms with Gasteiger partial charge in [0.25, 0.3) is 5.91 Å². The molecule has 4 rings (SSSR count). The number of aromatic amines is 1. The highest BCUT2D eigenvalue weighted by Gasteiger charge is 2.17. The highest BCUT2D eigenvalue weighted by atomic mass is 16.5. The Labute approximate surface area is 204 Å². The van der Waals surface area contributed by atoms with Gasteiger partial charge in [0.2, 0.25) is 0 Å². The maximum Gasteiger partial charge on any atom is 0.258 e. The van der Waals surface area contributed by atoms with E-state index in [-0.39, 0.29) is 24.2 Å². The summed E-state index contributed by atoms with van der Waals surface area (Å²) < 4.78 is 11.8. The highest BCUT2D eigenvalue weighted by Crippen LogP contribution is 2.34. The SMILES string of the molecule is CC(C)Oc1cccc2nc(-c3cccc(OCC(=O)NC(C)(C)C)c3)nc(Nc3cn[nH]c3)c12. The summed E-state index contributed by atoms with van der Waals surface area (Å²) in [6, 6.07) is 13.1. The van der Waals surface area contributed by atoms with Gasteiger partial charge in [0.1, 0.15) is 17.3 Å². The van der Waals surface area contributed by atoms with Crippen molar-refractivity contribution >= 4 is 28.3 Å². The quantitative estimate of drug-likeness (QED) is 0.335. The van der Waals surface area contributed by atoms with Crippen LogP contribution in [0.5, 0.6) is 11.5 Å². The van der Waals surface area contributed by atoms with E-state index in [0.717, 1.165) is 22.2 Å². The number of benzene rings is 2. The summed E-state index contributed by atoms with van der Waals surface area (Å²) in [7, 11) is 0. The zero-order chi connectivity index (χ0) is 25.0. The fourth-order valence-electron chi connectivity index (χ4n) is 3.51. The Balaban J connectivity index is 1.69. The van der Waals surface area contributed by atoms with Gasteiger partial charge in [0.15, 0.2) is 12.4 Å². The lowest BCUT2D eigenvalue weighted by Gasteiger charge is -2.20. The van der Waals surface area contributed by atoms with E-state index in [2.05, 4.69) is 20.8 Å². The Kier molecular flexibility index (Phi) is 6.86. The van der Waals surface area contributed by atoms with Crippen LogP contribution in [0.4, 0.5) is 11.5 Å². The third-order valence-electron chi connectivity index (χ3n) is 4.79. The standard InChI is InChI=1S/C26H30N6O3/c1-16(2)35-21-11-7-10-20-23(21)25(29-18-13-27-28-14-18)31-24(30-20)17-8-6-9-19(12-17)34-15-22(33)32-26(3,4)5/h6-14,16H,15H2,1-5H3,(H,27,28)(H,32,33)(H,29,30,31). The monoisotopic (exact) mass is 474 g/mol. The zero-order valence-corrected chi connectivity index (χ0v) is 20.5. The van der Waals surface area contributed by atoms with Gasteiger partial charge in [0.05, 0.1) is 28.9 Å². The summed E-state index contributed by atoms with van der Waals surface area (Å²) >= 11 is 0. The maximum absolute atomic E-state index is 12.1. The van der Waals surface area contributed by atoms with Crippen LogP contribution < -0.4 is 20.1 Å². The highest BCUT2D eigenvalue weighted by molar-refractivity contribution is 5.97. The van der Waals surface area contributed by atoms with Gasteiger partial charge in [-0.05, 0) is 58.9 Å². The van der Waals surface area contributed by atoms with E-state index in [1.54, 1.807) is 18.5 Å². The van der Waals surface area contributed by atoms with Crippen molar-refractivity contribution in [2.75, 3.05) is 11.9 Å². The number of rotatable bonds is 8. The number of carbonyl (C=O) groups is 1. The van der Waals surface area contributed by atoms with E-state index in [4.69, 9.17) is 19.4 Å². The molecule has 0 radical (unpaired) electrons. The maximum atomic E-state index is 12.1. The molecule has 0 atom stereocenters. The Morgan fingerprint density at radius 3 is 2.63 bits per heavy atom. The number of hydrogen-bond acceptors (Lipinski definition) is 7. The van der Waals surface area contributed by atoms with Crippen LogP contribution in [0.1, 0.15) is 34.6 Å². The number of H-pyrrole nitrogens is 1. The molecule has 0 aliphatic carbocycles. The van der Waals surface area contributed by atoms with Crippen molar-refractivity contribution in [3.63, 3.8) is 0 Å². The summed E-state index contributed by atoms with van der Waals surface area (Å²) in [6.07, 6.45) is 3.42. The van der Waals surface area contributed by atoms with Gasteiger partial charge in [-0.2, -0.15) is 5.10 Å². The molecule has 0 aliphatic heterocycles. The van der Waals surface area contributed by atoms with Crippen molar-refractivity contribution in [3.8, 4) is 22.9 Å². The lowest BCUT2D eigenvalue weighted by atomic mass is 10.1. The van der Waals surface area contributed by atoms with Gasteiger partial charge in [-0.25, -0.2) is 9.97 Å². The Hall–Kier alpha value is -4.14. The molecule has 0 unspecified atom stereocenters. The van der Waals surface area contributed by atoms with Crippen molar-refractivity contribution in [2.45, 2.75) is 46.3 Å². The molecule has 9 heteroatoms. The molecular formula is C26H30N6O3. The molecule has 1 amide bonds. The van der Waals surface area contributed by atoms with Crippen molar-refractivity contribution in [2.24, 2.45) is 0 Å². The van der Waals surface area contributed by atoms with E-state index in [9.17, 15) is 4.79 Å². The molecule has 2 aromatic heterocycles. The molecule has 0 spiro atoms. The van der Waals surface area contributed by atoms with E-state index in [1.807, 2.05) is 71.0 Å². The molecule has 4 aromatic rings. The van der Waals surface area contributed by atoms with Crippen LogP contribution >= 0.6 is 0 Å². The van der Waals surface area contributed by atoms with E-state index in [1.165, 1.54) is 0 Å². The minimum absolute atomic E-state index is 0.00799. The van der Waals surface area contributed by atoms with Gasteiger partial charge in [0, 0.05) is 17.3 Å². The number of nitrogens with zero attached hydrogens (tertiary/aromatic N) is 3. The average molecular weight is 475 g/mol. The van der Waals surface area contributed by atoms with Gasteiger partial charge >= 0.3 is 0 Å². The summed E-state index contributed by atoms with van der Waals surface area (Å²) in [5.41, 5.74) is 1.93. The predicted octanol–water partition coefficient (Wildman–Crippen LogP) is 4.84. The normalized spacial score (nSPS) is 11.5. The first-order chi connectivity index (χ1) is 16.7. The molecule has 0 saturated heterocycles. The van der Waals surface area contributed by atoms with E-state index in [0.29, 0.717) is 23.1 Å². The molecule has 0 saturated carbocycles. The van der Waals surface area contributed by atoms with Crippen molar-refractivity contribution in [3.05, 3.63) is 54.9 Å². The number of nitrogens with one attached hydrogen (secondary N) is 3. The fraction of sp³-hybridized carbons (Fsp3) is 0.308. The van der Waals surface area contributed by atoms with Crippen LogP contribution in [-0.2, 0) is 4.79 Å². The molecule has 3 N–H and O–H groups in total. The van der Waals surface area contributed by atoms with Crippen LogP contribution in [0.15, 0.2) is 54.9 Å². The second-order valence-electron chi connectivity index (χ2n) is 9.44. The Bertz CT molecular complexity index is 1310. The molecule has 0 fully saturated rings. The van der Waals surface area contributed by atoms with Crippen molar-refractivity contribution in [1.82, 2.24) is 25.5 Å². The second-order valence-corrected chi connectivity index (χ2v) is 9.44. The minimum Gasteiger partial charge on any atom is -0.490 e. The molecule has 0 aliphatic rings. The largest absolute Gasteiger partial charge is 0.490 e. The molecular weight excluding hydrogens is 444 g/mol. The molecule has 2 aromatic carbocycles. The Morgan fingerprint density at radius 1 is 1.11 bits per heavy atom. The first kappa shape index (κ1) is 24.0. The number of aromatic nitrogens is 4. The predicted molar refractivity (Wildman–Crippen MR) is 136 cm³/mol. The number of carbonyl (C=O) groups excluding carboxylic acids is 1. The molecule has 9 nitrogen and oxygen atoms in total. The van der Waals surface area contributed by atoms with Crippen LogP contribution in [-0.4, -0.2) is 44.3 Å². The van der Waals surface area contributed by atoms with Crippen molar-refractivity contribution in [1.29, 1.82) is 0 Å². The number of ether oxygens (including phenoxy) is 2. The summed E-state index contributed by atoms with van der Waals surface area (Å²) in [5, 5.41) is 13.8. The van der Waals surface area contributed by atoms with Crippen LogP contribution in [0, 0.1) is 0 Å². The van der Waals surface area contributed by atoms with Crippen LogP contribution in [0.3, 0.4) is 0 Å². The van der Waals surface area contributed by atoms with Gasteiger partial charge in [-0.3, -0.25) is 9.89 Å². The van der Waals surface area contributed by atoms with Gasteiger partial charge in [-0.1, -0.05) is 18.2 Å². The molecule has 182 valence electrons. The van der Waals surface area contributed by atoms with E-state index < -0.39 is 0 Å². The Morgan fingerprint density at radius 2 is 1.91 bits per heavy atom. The summed E-state index contributed by atoms with van der Waals surface area (Å²) in [5.74, 6) is 2.16. The molecule has 35 heavy (non-hydrogen) atoms. The average Bonchev–Trinajstić information content (AvgIpc) is 3.29. The molecule has 2 heterocycles. The van der Waals surface area contributed by atoms with Crippen molar-refractivity contribution < 1.29 is 14.3 Å². The number of amides is 1. The minimum atomic E-state index is -0.322. The second kappa shape index (κ2) is 10.0. The van der Waals surface area contributed by atoms with Crippen LogP contribution in [0.2, 0.25) is 0 Å². The third-order valence-corrected chi connectivity index (χ3v) is 4.79. The fourth-order valence-corrected chi connectivity index (χ4v) is 3.51.